The third kappa shape index (κ3) is 6.59. The summed E-state index contributed by atoms with van der Waals surface area (Å²) in [6.07, 6.45) is 0.579. The largest absolute Gasteiger partial charge is 0.481 e. The quantitative estimate of drug-likeness (QED) is 0.212. The van der Waals surface area contributed by atoms with Crippen molar-refractivity contribution in [3.63, 3.8) is 0 Å². The number of rotatable bonds is 12. The highest BCUT2D eigenvalue weighted by Gasteiger charge is 2.25. The predicted octanol–water partition coefficient (Wildman–Crippen LogP) is 5.15. The molecule has 2 unspecified atom stereocenters. The Hall–Kier alpha value is -3.94. The number of carboxylic acid groups (broad SMARTS) is 1. The Labute approximate surface area is 209 Å². The van der Waals surface area contributed by atoms with Crippen molar-refractivity contribution in [3.05, 3.63) is 96.1 Å². The van der Waals surface area contributed by atoms with Crippen LogP contribution >= 0.6 is 0 Å². The zero-order chi connectivity index (χ0) is 25.3. The zero-order valence-electron chi connectivity index (χ0n) is 20.1. The molecule has 0 aliphatic heterocycles. The van der Waals surface area contributed by atoms with Gasteiger partial charge in [-0.3, -0.25) is 9.59 Å². The molecule has 7 nitrogen and oxygen atoms in total. The Kier molecular flexibility index (Phi) is 8.49. The number of fused-ring (bicyclic) bond motifs is 1. The molecule has 0 fully saturated rings. The van der Waals surface area contributed by atoms with Crippen LogP contribution in [0, 0.1) is 5.92 Å². The fourth-order valence-corrected chi connectivity index (χ4v) is 4.13. The van der Waals surface area contributed by atoms with E-state index < -0.39 is 17.9 Å². The van der Waals surface area contributed by atoms with E-state index in [4.69, 9.17) is 13.9 Å². The SMILES string of the molecule is COCOCC(CC(Cc1ccccc1)C(=O)O)NC(=O)c1ccc(-c2cc3ccccc3o2)cc1. The minimum atomic E-state index is -0.917. The molecule has 186 valence electrons. The van der Waals surface area contributed by atoms with Crippen LogP contribution in [-0.2, 0) is 20.7 Å². The number of para-hydroxylation sites is 1. The number of nitrogens with one attached hydrogen (secondary N) is 1. The Bertz CT molecular complexity index is 1250. The normalized spacial score (nSPS) is 12.8. The molecule has 1 aromatic heterocycles. The average molecular weight is 488 g/mol. The molecular formula is C29H29NO6. The van der Waals surface area contributed by atoms with Crippen molar-refractivity contribution in [2.45, 2.75) is 18.9 Å². The summed E-state index contributed by atoms with van der Waals surface area (Å²) >= 11 is 0. The lowest BCUT2D eigenvalue weighted by molar-refractivity contribution is -0.142. The fourth-order valence-electron chi connectivity index (χ4n) is 4.13. The molecule has 0 aliphatic carbocycles. The summed E-state index contributed by atoms with van der Waals surface area (Å²) in [6, 6.07) is 25.8. The Morgan fingerprint density at radius 3 is 2.39 bits per heavy atom. The van der Waals surface area contributed by atoms with Crippen LogP contribution in [0.5, 0.6) is 0 Å². The second-order valence-corrected chi connectivity index (χ2v) is 8.63. The minimum absolute atomic E-state index is 0.0506. The predicted molar refractivity (Wildman–Crippen MR) is 137 cm³/mol. The molecular weight excluding hydrogens is 458 g/mol. The van der Waals surface area contributed by atoms with Crippen molar-refractivity contribution in [2.75, 3.05) is 20.5 Å². The van der Waals surface area contributed by atoms with Crippen molar-refractivity contribution in [1.82, 2.24) is 5.32 Å². The van der Waals surface area contributed by atoms with E-state index in [2.05, 4.69) is 5.32 Å². The van der Waals surface area contributed by atoms with Crippen LogP contribution in [0.1, 0.15) is 22.3 Å². The van der Waals surface area contributed by atoms with E-state index in [0.717, 1.165) is 27.9 Å². The molecule has 1 heterocycles. The molecule has 1 amide bonds. The van der Waals surface area contributed by atoms with Gasteiger partial charge in [-0.2, -0.15) is 0 Å². The van der Waals surface area contributed by atoms with Gasteiger partial charge in [-0.1, -0.05) is 60.7 Å². The van der Waals surface area contributed by atoms with E-state index in [0.29, 0.717) is 12.0 Å². The van der Waals surface area contributed by atoms with Crippen molar-refractivity contribution in [2.24, 2.45) is 5.92 Å². The smallest absolute Gasteiger partial charge is 0.306 e. The maximum Gasteiger partial charge on any atom is 0.306 e. The summed E-state index contributed by atoms with van der Waals surface area (Å²) < 4.78 is 16.3. The van der Waals surface area contributed by atoms with Crippen LogP contribution in [0.2, 0.25) is 0 Å². The summed E-state index contributed by atoms with van der Waals surface area (Å²) in [5.41, 5.74) is 3.05. The number of amides is 1. The number of carbonyl (C=O) groups is 2. The van der Waals surface area contributed by atoms with Crippen molar-refractivity contribution in [3.8, 4) is 11.3 Å². The first-order valence-corrected chi connectivity index (χ1v) is 11.8. The maximum atomic E-state index is 13.0. The van der Waals surface area contributed by atoms with Crippen molar-refractivity contribution >= 4 is 22.8 Å². The fraction of sp³-hybridized carbons (Fsp3) is 0.241. The van der Waals surface area contributed by atoms with E-state index in [9.17, 15) is 14.7 Å². The molecule has 2 atom stereocenters. The van der Waals surface area contributed by atoms with Crippen LogP contribution in [0.3, 0.4) is 0 Å². The van der Waals surface area contributed by atoms with Crippen LogP contribution in [0.4, 0.5) is 0 Å². The summed E-state index contributed by atoms with van der Waals surface area (Å²) in [6.45, 7) is 0.185. The molecule has 0 bridgehead atoms. The van der Waals surface area contributed by atoms with E-state index in [1.807, 2.05) is 72.8 Å². The number of aliphatic carboxylic acids is 1. The highest BCUT2D eigenvalue weighted by Crippen LogP contribution is 2.28. The van der Waals surface area contributed by atoms with Gasteiger partial charge >= 0.3 is 5.97 Å². The second-order valence-electron chi connectivity index (χ2n) is 8.63. The van der Waals surface area contributed by atoms with Gasteiger partial charge in [0.2, 0.25) is 0 Å². The standard InChI is InChI=1S/C29H29NO6/c1-34-19-35-18-25(16-24(29(32)33)15-20-7-3-2-4-8-20)30-28(31)22-13-11-21(12-14-22)27-17-23-9-5-6-10-26(23)36-27/h2-14,17,24-25H,15-16,18-19H2,1H3,(H,30,31)(H,32,33). The molecule has 0 saturated carbocycles. The highest BCUT2D eigenvalue weighted by molar-refractivity contribution is 5.95. The van der Waals surface area contributed by atoms with Gasteiger partial charge < -0.3 is 24.3 Å². The zero-order valence-corrected chi connectivity index (χ0v) is 20.1. The third-order valence-corrected chi connectivity index (χ3v) is 5.96. The van der Waals surface area contributed by atoms with Gasteiger partial charge in [0.05, 0.1) is 18.6 Å². The van der Waals surface area contributed by atoms with Gasteiger partial charge in [0.1, 0.15) is 18.1 Å². The van der Waals surface area contributed by atoms with Crippen molar-refractivity contribution in [1.29, 1.82) is 0 Å². The Morgan fingerprint density at radius 1 is 0.972 bits per heavy atom. The Morgan fingerprint density at radius 2 is 1.69 bits per heavy atom. The summed E-state index contributed by atoms with van der Waals surface area (Å²) in [5, 5.41) is 13.8. The molecule has 36 heavy (non-hydrogen) atoms. The molecule has 0 spiro atoms. The lowest BCUT2D eigenvalue weighted by Gasteiger charge is -2.22. The summed E-state index contributed by atoms with van der Waals surface area (Å²) in [7, 11) is 1.51. The van der Waals surface area contributed by atoms with Gasteiger partial charge in [0.25, 0.3) is 5.91 Å². The number of benzene rings is 3. The number of furan rings is 1. The molecule has 0 saturated heterocycles. The van der Waals surface area contributed by atoms with E-state index in [-0.39, 0.29) is 25.7 Å². The monoisotopic (exact) mass is 487 g/mol. The number of methoxy groups -OCH3 is 1. The highest BCUT2D eigenvalue weighted by atomic mass is 16.7. The van der Waals surface area contributed by atoms with Gasteiger partial charge in [-0.05, 0) is 42.7 Å². The number of carbonyl (C=O) groups excluding carboxylic acids is 1. The molecule has 3 aromatic carbocycles. The number of hydrogen-bond acceptors (Lipinski definition) is 5. The minimum Gasteiger partial charge on any atom is -0.481 e. The molecule has 7 heteroatoms. The van der Waals surface area contributed by atoms with Gasteiger partial charge in [0.15, 0.2) is 0 Å². The molecule has 4 aromatic rings. The average Bonchev–Trinajstić information content (AvgIpc) is 3.33. The number of carboxylic acids is 1. The van der Waals surface area contributed by atoms with Gasteiger partial charge in [0, 0.05) is 23.6 Å². The van der Waals surface area contributed by atoms with Crippen LogP contribution in [0.15, 0.2) is 89.3 Å². The van der Waals surface area contributed by atoms with E-state index in [1.54, 1.807) is 12.1 Å². The first-order valence-electron chi connectivity index (χ1n) is 11.8. The van der Waals surface area contributed by atoms with E-state index in [1.165, 1.54) is 7.11 Å². The third-order valence-electron chi connectivity index (χ3n) is 5.96. The molecule has 0 radical (unpaired) electrons. The maximum absolute atomic E-state index is 13.0. The summed E-state index contributed by atoms with van der Waals surface area (Å²) in [5.74, 6) is -1.18. The van der Waals surface area contributed by atoms with Crippen molar-refractivity contribution < 1.29 is 28.6 Å². The first kappa shape index (κ1) is 25.2. The van der Waals surface area contributed by atoms with Crippen LogP contribution in [0.25, 0.3) is 22.3 Å². The molecule has 4 rings (SSSR count). The van der Waals surface area contributed by atoms with Crippen LogP contribution < -0.4 is 5.32 Å². The molecule has 0 aliphatic rings. The first-order chi connectivity index (χ1) is 17.5. The topological polar surface area (TPSA) is 98.0 Å². The summed E-state index contributed by atoms with van der Waals surface area (Å²) in [4.78, 5) is 25.0. The van der Waals surface area contributed by atoms with Gasteiger partial charge in [-0.15, -0.1) is 0 Å². The number of ether oxygens (including phenoxy) is 2. The number of hydrogen-bond donors (Lipinski definition) is 2. The lowest BCUT2D eigenvalue weighted by Crippen LogP contribution is -2.41. The Balaban J connectivity index is 1.45. The van der Waals surface area contributed by atoms with Crippen LogP contribution in [-0.4, -0.2) is 43.5 Å². The molecule has 2 N–H and O–H groups in total. The van der Waals surface area contributed by atoms with E-state index >= 15 is 0 Å². The van der Waals surface area contributed by atoms with Gasteiger partial charge in [-0.25, -0.2) is 0 Å². The second kappa shape index (κ2) is 12.2. The lowest BCUT2D eigenvalue weighted by atomic mass is 9.92.